The van der Waals surface area contributed by atoms with Crippen LogP contribution >= 0.6 is 0 Å². The minimum atomic E-state index is -0.578. The molecule has 2 fully saturated rings. The third-order valence-electron chi connectivity index (χ3n) is 7.40. The maximum Gasteiger partial charge on any atom is 0.295 e. The fourth-order valence-electron chi connectivity index (χ4n) is 5.46. The van der Waals surface area contributed by atoms with E-state index in [2.05, 4.69) is 28.0 Å². The Labute approximate surface area is 192 Å². The number of likely N-dealkylation sites (tertiary alicyclic amines) is 1. The summed E-state index contributed by atoms with van der Waals surface area (Å²) < 4.78 is 10.7. The number of H-pyrrole nitrogens is 1. The second kappa shape index (κ2) is 7.66. The van der Waals surface area contributed by atoms with E-state index in [1.807, 2.05) is 18.2 Å². The molecular weight excluding hydrogens is 418 g/mol. The fourth-order valence-corrected chi connectivity index (χ4v) is 5.46. The van der Waals surface area contributed by atoms with Crippen LogP contribution in [0.1, 0.15) is 35.2 Å². The number of hydrogen-bond donors (Lipinski definition) is 1. The van der Waals surface area contributed by atoms with Crippen LogP contribution in [0.25, 0.3) is 10.9 Å². The van der Waals surface area contributed by atoms with E-state index in [0.717, 1.165) is 24.8 Å². The minimum absolute atomic E-state index is 0.00797. The van der Waals surface area contributed by atoms with Crippen molar-refractivity contribution in [2.45, 2.75) is 24.7 Å². The van der Waals surface area contributed by atoms with Crippen molar-refractivity contribution in [2.75, 3.05) is 27.3 Å². The number of nitrogens with one attached hydrogen (secondary N) is 1. The number of piperidine rings is 1. The van der Waals surface area contributed by atoms with Crippen molar-refractivity contribution in [1.82, 2.24) is 14.9 Å². The predicted molar refractivity (Wildman–Crippen MR) is 123 cm³/mol. The summed E-state index contributed by atoms with van der Waals surface area (Å²) in [5, 5.41) is 0.494. The van der Waals surface area contributed by atoms with Gasteiger partial charge in [0.25, 0.3) is 11.7 Å². The van der Waals surface area contributed by atoms with Gasteiger partial charge in [-0.1, -0.05) is 36.3 Å². The summed E-state index contributed by atoms with van der Waals surface area (Å²) in [6.45, 7) is 1.01. The fraction of sp³-hybridized carbons (Fsp3) is 0.346. The molecule has 1 amide bonds. The van der Waals surface area contributed by atoms with Gasteiger partial charge in [0.05, 0.1) is 36.8 Å². The van der Waals surface area contributed by atoms with E-state index < -0.39 is 11.7 Å². The number of methoxy groups -OCH3 is 2. The highest BCUT2D eigenvalue weighted by Gasteiger charge is 2.67. The quantitative estimate of drug-likeness (QED) is 0.371. The Kier molecular flexibility index (Phi) is 4.89. The van der Waals surface area contributed by atoms with Crippen LogP contribution in [0.15, 0.2) is 42.7 Å². The number of pyridine rings is 1. The number of Topliss-reactive ketones (excluding diaryl/α,β-unsaturated/α-hetero) is 1. The second-order valence-electron chi connectivity index (χ2n) is 8.78. The lowest BCUT2D eigenvalue weighted by molar-refractivity contribution is -0.128. The third kappa shape index (κ3) is 3.01. The number of nitrogens with zero attached hydrogens (tertiary/aromatic N) is 2. The zero-order valence-electron chi connectivity index (χ0n) is 18.7. The normalized spacial score (nSPS) is 20.9. The van der Waals surface area contributed by atoms with Crippen molar-refractivity contribution < 1.29 is 19.1 Å². The number of aromatic amines is 1. The molecule has 1 N–H and O–H groups in total. The highest BCUT2D eigenvalue weighted by atomic mass is 16.5. The Hall–Kier alpha value is -3.79. The molecule has 1 aliphatic carbocycles. The van der Waals surface area contributed by atoms with E-state index in [1.165, 1.54) is 26.6 Å². The molecule has 2 aliphatic rings. The molecule has 0 bridgehead atoms. The number of ketones is 1. The lowest BCUT2D eigenvalue weighted by Crippen LogP contribution is -2.44. The molecule has 1 atom stereocenters. The van der Waals surface area contributed by atoms with Gasteiger partial charge in [-0.3, -0.25) is 9.59 Å². The first-order chi connectivity index (χ1) is 16.0. The highest BCUT2D eigenvalue weighted by Crippen LogP contribution is 2.69. The monoisotopic (exact) mass is 443 g/mol. The smallest absolute Gasteiger partial charge is 0.295 e. The molecule has 5 rings (SSSR count). The molecule has 7 heteroatoms. The Morgan fingerprint density at radius 3 is 2.52 bits per heavy atom. The number of carbonyl (C=O) groups is 2. The number of fused-ring (bicyclic) bond motifs is 1. The molecule has 33 heavy (non-hydrogen) atoms. The first-order valence-electron chi connectivity index (χ1n) is 11.0. The first kappa shape index (κ1) is 21.1. The van der Waals surface area contributed by atoms with Crippen molar-refractivity contribution in [2.24, 2.45) is 5.41 Å². The third-order valence-corrected chi connectivity index (χ3v) is 7.40. The average molecular weight is 444 g/mol. The SMILES string of the molecule is C#CC1(c2ccccc2)CC12CCN(C(=O)C(=O)c1c[nH]c3c(OC)ncc(OC)c13)CC2. The Balaban J connectivity index is 1.36. The van der Waals surface area contributed by atoms with Crippen LogP contribution in [-0.2, 0) is 10.2 Å². The molecule has 2 aromatic heterocycles. The summed E-state index contributed by atoms with van der Waals surface area (Å²) in [7, 11) is 2.99. The number of hydrogen-bond acceptors (Lipinski definition) is 5. The standard InChI is InChI=1S/C26H25N3O4/c1-4-26(17-8-6-5-7-9-17)16-25(26)10-12-29(13-11-25)24(31)22(30)18-14-27-21-20(18)19(32-2)15-28-23(21)33-3/h1,5-9,14-15,27H,10-13,16H2,2-3H3. The van der Waals surface area contributed by atoms with Crippen LogP contribution in [0.2, 0.25) is 0 Å². The summed E-state index contributed by atoms with van der Waals surface area (Å²) >= 11 is 0. The number of terminal acetylenes is 1. The lowest BCUT2D eigenvalue weighted by Gasteiger charge is -2.34. The van der Waals surface area contributed by atoms with Crippen LogP contribution in [0, 0.1) is 17.8 Å². The Morgan fingerprint density at radius 1 is 1.15 bits per heavy atom. The zero-order chi connectivity index (χ0) is 23.2. The van der Waals surface area contributed by atoms with Gasteiger partial charge in [-0.25, -0.2) is 4.98 Å². The topological polar surface area (TPSA) is 84.5 Å². The van der Waals surface area contributed by atoms with Crippen molar-refractivity contribution in [3.63, 3.8) is 0 Å². The summed E-state index contributed by atoms with van der Waals surface area (Å²) in [6.07, 6.45) is 11.5. The summed E-state index contributed by atoms with van der Waals surface area (Å²) in [5.41, 5.74) is 1.65. The number of rotatable bonds is 5. The summed E-state index contributed by atoms with van der Waals surface area (Å²) in [6, 6.07) is 10.2. The molecule has 1 aromatic carbocycles. The van der Waals surface area contributed by atoms with Gasteiger partial charge in [0.2, 0.25) is 5.88 Å². The molecule has 1 saturated carbocycles. The molecule has 3 heterocycles. The molecule has 1 aliphatic heterocycles. The largest absolute Gasteiger partial charge is 0.494 e. The summed E-state index contributed by atoms with van der Waals surface area (Å²) in [4.78, 5) is 35.2. The Bertz CT molecular complexity index is 1280. The van der Waals surface area contributed by atoms with Gasteiger partial charge in [0.15, 0.2) is 0 Å². The lowest BCUT2D eigenvalue weighted by atomic mass is 9.80. The van der Waals surface area contributed by atoms with Crippen LogP contribution in [0.3, 0.4) is 0 Å². The number of ether oxygens (including phenoxy) is 2. The van der Waals surface area contributed by atoms with Crippen molar-refractivity contribution in [1.29, 1.82) is 0 Å². The van der Waals surface area contributed by atoms with Crippen molar-refractivity contribution in [3.05, 3.63) is 53.9 Å². The highest BCUT2D eigenvalue weighted by molar-refractivity contribution is 6.45. The maximum atomic E-state index is 13.2. The first-order valence-corrected chi connectivity index (χ1v) is 11.0. The molecule has 1 spiro atoms. The van der Waals surface area contributed by atoms with E-state index in [4.69, 9.17) is 15.9 Å². The molecule has 0 radical (unpaired) electrons. The van der Waals surface area contributed by atoms with Crippen LogP contribution in [0.5, 0.6) is 11.6 Å². The number of carbonyl (C=O) groups excluding carboxylic acids is 2. The van der Waals surface area contributed by atoms with E-state index >= 15 is 0 Å². The van der Waals surface area contributed by atoms with Gasteiger partial charge >= 0.3 is 0 Å². The maximum absolute atomic E-state index is 13.2. The van der Waals surface area contributed by atoms with E-state index in [9.17, 15) is 9.59 Å². The van der Waals surface area contributed by atoms with Crippen LogP contribution in [0.4, 0.5) is 0 Å². The van der Waals surface area contributed by atoms with E-state index in [-0.39, 0.29) is 16.4 Å². The summed E-state index contributed by atoms with van der Waals surface area (Å²) in [5.74, 6) is 2.69. The van der Waals surface area contributed by atoms with Gasteiger partial charge in [-0.05, 0) is 30.2 Å². The van der Waals surface area contributed by atoms with Crippen LogP contribution in [-0.4, -0.2) is 53.9 Å². The number of amides is 1. The van der Waals surface area contributed by atoms with Gasteiger partial charge in [0, 0.05) is 19.3 Å². The molecule has 168 valence electrons. The molecule has 1 saturated heterocycles. The van der Waals surface area contributed by atoms with E-state index in [1.54, 1.807) is 4.90 Å². The molecule has 1 unspecified atom stereocenters. The van der Waals surface area contributed by atoms with Gasteiger partial charge in [0.1, 0.15) is 11.3 Å². The van der Waals surface area contributed by atoms with Crippen LogP contribution < -0.4 is 9.47 Å². The van der Waals surface area contributed by atoms with Crippen molar-refractivity contribution in [3.8, 4) is 24.0 Å². The Morgan fingerprint density at radius 2 is 1.88 bits per heavy atom. The van der Waals surface area contributed by atoms with Gasteiger partial charge in [-0.2, -0.15) is 0 Å². The molecule has 7 nitrogen and oxygen atoms in total. The predicted octanol–water partition coefficient (Wildman–Crippen LogP) is 3.35. The second-order valence-corrected chi connectivity index (χ2v) is 8.78. The van der Waals surface area contributed by atoms with Crippen molar-refractivity contribution >= 4 is 22.6 Å². The minimum Gasteiger partial charge on any atom is -0.494 e. The van der Waals surface area contributed by atoms with E-state index in [0.29, 0.717) is 35.6 Å². The zero-order valence-corrected chi connectivity index (χ0v) is 18.7. The van der Waals surface area contributed by atoms with Gasteiger partial charge in [-0.15, -0.1) is 6.42 Å². The van der Waals surface area contributed by atoms with Gasteiger partial charge < -0.3 is 19.4 Å². The molecule has 3 aromatic rings. The molecular formula is C26H25N3O4. The number of aromatic nitrogens is 2. The average Bonchev–Trinajstić information content (AvgIpc) is 3.27. The number of benzene rings is 1.